The van der Waals surface area contributed by atoms with Gasteiger partial charge in [0.15, 0.2) is 17.3 Å². The lowest BCUT2D eigenvalue weighted by Gasteiger charge is -2.22. The lowest BCUT2D eigenvalue weighted by molar-refractivity contribution is -0.121. The van der Waals surface area contributed by atoms with Gasteiger partial charge in [0.05, 0.1) is 0 Å². The molecule has 5 nitrogen and oxygen atoms in total. The zero-order valence-corrected chi connectivity index (χ0v) is 13.3. The van der Waals surface area contributed by atoms with E-state index in [0.717, 1.165) is 12.8 Å². The Morgan fingerprint density at radius 1 is 1.00 bits per heavy atom. The molecule has 0 unspecified atom stereocenters. The van der Waals surface area contributed by atoms with Gasteiger partial charge in [-0.25, -0.2) is 0 Å². The largest absolute Gasteiger partial charge is 0.486 e. The summed E-state index contributed by atoms with van der Waals surface area (Å²) in [5.41, 5.74) is 0.569. The second-order valence-corrected chi connectivity index (χ2v) is 6.18. The fourth-order valence-corrected chi connectivity index (χ4v) is 3.13. The van der Waals surface area contributed by atoms with Gasteiger partial charge >= 0.3 is 0 Å². The molecule has 2 aliphatic rings. The minimum absolute atomic E-state index is 0.0252. The topological polar surface area (TPSA) is 64.6 Å². The van der Waals surface area contributed by atoms with Crippen molar-refractivity contribution in [2.75, 3.05) is 13.2 Å². The Hall–Kier alpha value is -2.04. The number of hydrogen-bond acceptors (Lipinski definition) is 4. The molecule has 1 fully saturated rings. The first kappa shape index (κ1) is 15.8. The smallest absolute Gasteiger partial charge is 0.220 e. The van der Waals surface area contributed by atoms with Crippen molar-refractivity contribution >= 4 is 11.7 Å². The van der Waals surface area contributed by atoms with Gasteiger partial charge in [-0.15, -0.1) is 0 Å². The maximum Gasteiger partial charge on any atom is 0.220 e. The highest BCUT2D eigenvalue weighted by molar-refractivity contribution is 5.98. The van der Waals surface area contributed by atoms with Crippen molar-refractivity contribution in [2.45, 2.75) is 51.0 Å². The van der Waals surface area contributed by atoms with Gasteiger partial charge in [0, 0.05) is 24.4 Å². The molecule has 3 rings (SSSR count). The Morgan fingerprint density at radius 3 is 2.52 bits per heavy atom. The molecule has 1 saturated carbocycles. The SMILES string of the molecule is O=C(CCC(=O)c1ccc2c(c1)OCCO2)NC1CCCCC1. The highest BCUT2D eigenvalue weighted by Gasteiger charge is 2.18. The van der Waals surface area contributed by atoms with Gasteiger partial charge < -0.3 is 14.8 Å². The van der Waals surface area contributed by atoms with Crippen LogP contribution < -0.4 is 14.8 Å². The Labute approximate surface area is 136 Å². The number of amides is 1. The summed E-state index contributed by atoms with van der Waals surface area (Å²) in [6.45, 7) is 1.02. The number of carbonyl (C=O) groups is 2. The van der Waals surface area contributed by atoms with Gasteiger partial charge in [-0.05, 0) is 31.0 Å². The molecule has 0 atom stereocenters. The van der Waals surface area contributed by atoms with Crippen LogP contribution in [0.4, 0.5) is 0 Å². The summed E-state index contributed by atoms with van der Waals surface area (Å²) < 4.78 is 10.9. The second-order valence-electron chi connectivity index (χ2n) is 6.18. The Balaban J connectivity index is 1.49. The molecule has 0 spiro atoms. The first-order valence-corrected chi connectivity index (χ1v) is 8.44. The number of fused-ring (bicyclic) bond motifs is 1. The quantitative estimate of drug-likeness (QED) is 0.848. The molecule has 5 heteroatoms. The third-order valence-corrected chi connectivity index (χ3v) is 4.41. The number of benzene rings is 1. The summed E-state index contributed by atoms with van der Waals surface area (Å²) in [6, 6.07) is 5.48. The van der Waals surface area contributed by atoms with Crippen LogP contribution in [0.2, 0.25) is 0 Å². The predicted molar refractivity (Wildman–Crippen MR) is 86.0 cm³/mol. The molecule has 1 aromatic carbocycles. The number of nitrogens with one attached hydrogen (secondary N) is 1. The third kappa shape index (κ3) is 4.24. The van der Waals surface area contributed by atoms with Crippen molar-refractivity contribution in [1.29, 1.82) is 0 Å². The lowest BCUT2D eigenvalue weighted by Crippen LogP contribution is -2.36. The van der Waals surface area contributed by atoms with E-state index in [-0.39, 0.29) is 24.5 Å². The zero-order valence-electron chi connectivity index (χ0n) is 13.3. The van der Waals surface area contributed by atoms with E-state index in [9.17, 15) is 9.59 Å². The molecule has 0 aromatic heterocycles. The average molecular weight is 317 g/mol. The molecule has 1 aliphatic carbocycles. The van der Waals surface area contributed by atoms with E-state index in [1.54, 1.807) is 18.2 Å². The predicted octanol–water partition coefficient (Wildman–Crippen LogP) is 2.87. The summed E-state index contributed by atoms with van der Waals surface area (Å²) in [5, 5.41) is 3.04. The molecular weight excluding hydrogens is 294 g/mol. The van der Waals surface area contributed by atoms with E-state index in [2.05, 4.69) is 5.32 Å². The van der Waals surface area contributed by atoms with Crippen molar-refractivity contribution in [3.8, 4) is 11.5 Å². The standard InChI is InChI=1S/C18H23NO4/c20-15(7-9-18(21)19-14-4-2-1-3-5-14)13-6-8-16-17(12-13)23-11-10-22-16/h6,8,12,14H,1-5,7,9-11H2,(H,19,21). The van der Waals surface area contributed by atoms with Crippen molar-refractivity contribution in [2.24, 2.45) is 0 Å². The number of ketones is 1. The minimum Gasteiger partial charge on any atom is -0.486 e. The van der Waals surface area contributed by atoms with E-state index < -0.39 is 0 Å². The van der Waals surface area contributed by atoms with Crippen molar-refractivity contribution in [3.05, 3.63) is 23.8 Å². The maximum atomic E-state index is 12.3. The van der Waals surface area contributed by atoms with Gasteiger partial charge in [0.1, 0.15) is 13.2 Å². The molecule has 0 saturated heterocycles. The van der Waals surface area contributed by atoms with E-state index in [1.165, 1.54) is 19.3 Å². The van der Waals surface area contributed by atoms with E-state index in [1.807, 2.05) is 0 Å². The molecule has 1 aromatic rings. The third-order valence-electron chi connectivity index (χ3n) is 4.41. The van der Waals surface area contributed by atoms with Crippen LogP contribution in [-0.4, -0.2) is 30.9 Å². The van der Waals surface area contributed by atoms with Crippen LogP contribution in [0.15, 0.2) is 18.2 Å². The van der Waals surface area contributed by atoms with E-state index in [4.69, 9.17) is 9.47 Å². The molecule has 124 valence electrons. The van der Waals surface area contributed by atoms with E-state index in [0.29, 0.717) is 36.3 Å². The molecular formula is C18H23NO4. The second kappa shape index (κ2) is 7.49. The molecule has 1 aliphatic heterocycles. The van der Waals surface area contributed by atoms with Crippen LogP contribution in [0.3, 0.4) is 0 Å². The summed E-state index contributed by atoms with van der Waals surface area (Å²) in [7, 11) is 0. The Morgan fingerprint density at radius 2 is 1.74 bits per heavy atom. The first-order valence-electron chi connectivity index (χ1n) is 8.44. The molecule has 0 radical (unpaired) electrons. The van der Waals surface area contributed by atoms with Gasteiger partial charge in [-0.2, -0.15) is 0 Å². The Bertz CT molecular complexity index is 578. The summed E-state index contributed by atoms with van der Waals surface area (Å²) >= 11 is 0. The van der Waals surface area contributed by atoms with E-state index >= 15 is 0 Å². The molecule has 23 heavy (non-hydrogen) atoms. The van der Waals surface area contributed by atoms with Crippen molar-refractivity contribution in [1.82, 2.24) is 5.32 Å². The van der Waals surface area contributed by atoms with Crippen molar-refractivity contribution < 1.29 is 19.1 Å². The van der Waals surface area contributed by atoms with Crippen LogP contribution in [0, 0.1) is 0 Å². The van der Waals surface area contributed by atoms with Crippen LogP contribution >= 0.6 is 0 Å². The highest BCUT2D eigenvalue weighted by atomic mass is 16.6. The summed E-state index contributed by atoms with van der Waals surface area (Å²) in [5.74, 6) is 1.21. The number of hydrogen-bond donors (Lipinski definition) is 1. The van der Waals surface area contributed by atoms with Gasteiger partial charge in [-0.1, -0.05) is 19.3 Å². The van der Waals surface area contributed by atoms with Crippen molar-refractivity contribution in [3.63, 3.8) is 0 Å². The van der Waals surface area contributed by atoms with Gasteiger partial charge in [0.25, 0.3) is 0 Å². The minimum atomic E-state index is -0.0410. The van der Waals surface area contributed by atoms with Gasteiger partial charge in [-0.3, -0.25) is 9.59 Å². The fraction of sp³-hybridized carbons (Fsp3) is 0.556. The number of ether oxygens (including phenoxy) is 2. The summed E-state index contributed by atoms with van der Waals surface area (Å²) in [6.07, 6.45) is 6.20. The normalized spacial score (nSPS) is 17.6. The maximum absolute atomic E-state index is 12.3. The number of Topliss-reactive ketones (excluding diaryl/α,β-unsaturated/α-hetero) is 1. The number of rotatable bonds is 5. The Kier molecular flexibility index (Phi) is 5.16. The fourth-order valence-electron chi connectivity index (χ4n) is 3.13. The number of carbonyl (C=O) groups excluding carboxylic acids is 2. The zero-order chi connectivity index (χ0) is 16.1. The van der Waals surface area contributed by atoms with Gasteiger partial charge in [0.2, 0.25) is 5.91 Å². The molecule has 0 bridgehead atoms. The van der Waals surface area contributed by atoms with Crippen LogP contribution in [-0.2, 0) is 4.79 Å². The monoisotopic (exact) mass is 317 g/mol. The molecule has 1 heterocycles. The van der Waals surface area contributed by atoms with Crippen LogP contribution in [0.5, 0.6) is 11.5 Å². The molecule has 1 amide bonds. The molecule has 1 N–H and O–H groups in total. The lowest BCUT2D eigenvalue weighted by atomic mass is 9.95. The highest BCUT2D eigenvalue weighted by Crippen LogP contribution is 2.31. The summed E-state index contributed by atoms with van der Waals surface area (Å²) in [4.78, 5) is 24.2. The first-order chi connectivity index (χ1) is 11.2. The average Bonchev–Trinajstić information content (AvgIpc) is 2.60. The van der Waals surface area contributed by atoms with Crippen LogP contribution in [0.25, 0.3) is 0 Å². The van der Waals surface area contributed by atoms with Crippen LogP contribution in [0.1, 0.15) is 55.3 Å².